The minimum atomic E-state index is 0.580. The van der Waals surface area contributed by atoms with Crippen molar-refractivity contribution in [2.45, 2.75) is 12.8 Å². The highest BCUT2D eigenvalue weighted by atomic mass is 79.9. The molecule has 0 unspecified atom stereocenters. The highest BCUT2D eigenvalue weighted by molar-refractivity contribution is 9.10. The average molecular weight is 214 g/mol. The molecule has 1 aromatic rings. The van der Waals surface area contributed by atoms with Crippen molar-refractivity contribution in [3.63, 3.8) is 0 Å². The van der Waals surface area contributed by atoms with E-state index in [1.54, 1.807) is 6.20 Å². The number of aldehydes is 1. The number of pyridine rings is 1. The number of rotatable bonds is 3. The Morgan fingerprint density at radius 3 is 3.09 bits per heavy atom. The number of aromatic nitrogens is 1. The van der Waals surface area contributed by atoms with Gasteiger partial charge in [0.25, 0.3) is 0 Å². The highest BCUT2D eigenvalue weighted by Crippen LogP contribution is 2.08. The Morgan fingerprint density at radius 1 is 1.64 bits per heavy atom. The van der Waals surface area contributed by atoms with Crippen molar-refractivity contribution in [3.05, 3.63) is 28.5 Å². The Bertz CT molecular complexity index is 250. The van der Waals surface area contributed by atoms with E-state index in [4.69, 9.17) is 0 Å². The lowest BCUT2D eigenvalue weighted by molar-refractivity contribution is -0.107. The van der Waals surface area contributed by atoms with Gasteiger partial charge in [-0.05, 0) is 40.0 Å². The van der Waals surface area contributed by atoms with Crippen molar-refractivity contribution < 1.29 is 4.79 Å². The zero-order chi connectivity index (χ0) is 8.10. The lowest BCUT2D eigenvalue weighted by Crippen LogP contribution is -1.86. The van der Waals surface area contributed by atoms with Crippen LogP contribution in [-0.2, 0) is 11.2 Å². The zero-order valence-electron chi connectivity index (χ0n) is 5.96. The third-order valence-corrected chi connectivity index (χ3v) is 1.78. The van der Waals surface area contributed by atoms with Crippen LogP contribution >= 0.6 is 15.9 Å². The summed E-state index contributed by atoms with van der Waals surface area (Å²) in [5.74, 6) is 0. The van der Waals surface area contributed by atoms with Crippen molar-refractivity contribution in [3.8, 4) is 0 Å². The highest BCUT2D eigenvalue weighted by Gasteiger charge is 1.92. The summed E-state index contributed by atoms with van der Waals surface area (Å²) in [4.78, 5) is 14.0. The Morgan fingerprint density at radius 2 is 2.45 bits per heavy atom. The molecule has 0 bridgehead atoms. The number of halogens is 1. The molecule has 0 aliphatic rings. The van der Waals surface area contributed by atoms with E-state index >= 15 is 0 Å². The first kappa shape index (κ1) is 8.40. The number of carbonyl (C=O) groups is 1. The van der Waals surface area contributed by atoms with E-state index in [1.807, 2.05) is 12.1 Å². The van der Waals surface area contributed by atoms with Gasteiger partial charge in [0.15, 0.2) is 0 Å². The summed E-state index contributed by atoms with van der Waals surface area (Å²) >= 11 is 3.25. The Hall–Kier alpha value is -0.700. The quantitative estimate of drug-likeness (QED) is 0.568. The molecule has 0 radical (unpaired) electrons. The maximum atomic E-state index is 10.0. The van der Waals surface area contributed by atoms with Crippen LogP contribution < -0.4 is 0 Å². The van der Waals surface area contributed by atoms with Gasteiger partial charge in [-0.25, -0.2) is 4.98 Å². The second-order valence-electron chi connectivity index (χ2n) is 2.19. The molecular formula is C8H8BrNO. The lowest BCUT2D eigenvalue weighted by Gasteiger charge is -1.95. The monoisotopic (exact) mass is 213 g/mol. The third-order valence-electron chi connectivity index (χ3n) is 1.34. The summed E-state index contributed by atoms with van der Waals surface area (Å²) in [7, 11) is 0. The van der Waals surface area contributed by atoms with Gasteiger partial charge in [-0.2, -0.15) is 0 Å². The van der Waals surface area contributed by atoms with Crippen LogP contribution in [0, 0.1) is 0 Å². The van der Waals surface area contributed by atoms with Gasteiger partial charge in [0.1, 0.15) is 10.9 Å². The van der Waals surface area contributed by atoms with E-state index in [9.17, 15) is 4.79 Å². The smallest absolute Gasteiger partial charge is 0.120 e. The van der Waals surface area contributed by atoms with Gasteiger partial charge in [-0.1, -0.05) is 0 Å². The first-order chi connectivity index (χ1) is 5.33. The first-order valence-electron chi connectivity index (χ1n) is 3.37. The van der Waals surface area contributed by atoms with Gasteiger partial charge in [0.2, 0.25) is 0 Å². The van der Waals surface area contributed by atoms with Crippen LogP contribution in [-0.4, -0.2) is 11.3 Å². The van der Waals surface area contributed by atoms with Crippen molar-refractivity contribution in [2.75, 3.05) is 0 Å². The Balaban J connectivity index is 2.63. The summed E-state index contributed by atoms with van der Waals surface area (Å²) in [6, 6.07) is 3.83. The maximum absolute atomic E-state index is 10.0. The van der Waals surface area contributed by atoms with Crippen molar-refractivity contribution >= 4 is 22.2 Å². The van der Waals surface area contributed by atoms with Gasteiger partial charge in [0, 0.05) is 12.6 Å². The standard InChI is InChI=1S/C8H8BrNO/c9-8-6-7(2-1-5-11)3-4-10-8/h3-6H,1-2H2. The van der Waals surface area contributed by atoms with E-state index in [1.165, 1.54) is 0 Å². The number of aryl methyl sites for hydroxylation is 1. The second-order valence-corrected chi connectivity index (χ2v) is 3.00. The second kappa shape index (κ2) is 4.23. The zero-order valence-corrected chi connectivity index (χ0v) is 7.54. The summed E-state index contributed by atoms with van der Waals surface area (Å²) in [5, 5.41) is 0. The molecule has 0 saturated carbocycles. The van der Waals surface area contributed by atoms with Gasteiger partial charge in [-0.15, -0.1) is 0 Å². The first-order valence-corrected chi connectivity index (χ1v) is 4.16. The SMILES string of the molecule is O=CCCc1ccnc(Br)c1. The fourth-order valence-electron chi connectivity index (χ4n) is 0.824. The summed E-state index contributed by atoms with van der Waals surface area (Å²) in [6.45, 7) is 0. The molecule has 0 spiro atoms. The molecule has 0 amide bonds. The predicted molar refractivity (Wildman–Crippen MR) is 46.3 cm³/mol. The van der Waals surface area contributed by atoms with Crippen LogP contribution in [0.1, 0.15) is 12.0 Å². The van der Waals surface area contributed by atoms with Crippen LogP contribution in [0.5, 0.6) is 0 Å². The topological polar surface area (TPSA) is 30.0 Å². The summed E-state index contributed by atoms with van der Waals surface area (Å²) < 4.78 is 0.820. The van der Waals surface area contributed by atoms with Crippen LogP contribution in [0.15, 0.2) is 22.9 Å². The van der Waals surface area contributed by atoms with Crippen molar-refractivity contribution in [1.29, 1.82) is 0 Å². The molecular weight excluding hydrogens is 206 g/mol. The molecule has 0 aliphatic carbocycles. The van der Waals surface area contributed by atoms with E-state index in [2.05, 4.69) is 20.9 Å². The van der Waals surface area contributed by atoms with Gasteiger partial charge in [-0.3, -0.25) is 0 Å². The molecule has 0 saturated heterocycles. The van der Waals surface area contributed by atoms with E-state index in [-0.39, 0.29) is 0 Å². The average Bonchev–Trinajstić information content (AvgIpc) is 2.01. The van der Waals surface area contributed by atoms with Gasteiger partial charge < -0.3 is 4.79 Å². The molecule has 2 nitrogen and oxygen atoms in total. The summed E-state index contributed by atoms with van der Waals surface area (Å²) in [6.07, 6.45) is 4.03. The van der Waals surface area contributed by atoms with Gasteiger partial charge >= 0.3 is 0 Å². The minimum absolute atomic E-state index is 0.580. The lowest BCUT2D eigenvalue weighted by atomic mass is 10.2. The van der Waals surface area contributed by atoms with Crippen molar-refractivity contribution in [2.24, 2.45) is 0 Å². The molecule has 0 aliphatic heterocycles. The minimum Gasteiger partial charge on any atom is -0.303 e. The molecule has 1 aromatic heterocycles. The Labute approximate surface area is 73.8 Å². The number of nitrogens with zero attached hydrogens (tertiary/aromatic N) is 1. The molecule has 0 atom stereocenters. The van der Waals surface area contributed by atoms with Crippen molar-refractivity contribution in [1.82, 2.24) is 4.98 Å². The molecule has 0 aromatic carbocycles. The molecule has 0 N–H and O–H groups in total. The van der Waals surface area contributed by atoms with Crippen LogP contribution in [0.2, 0.25) is 0 Å². The van der Waals surface area contributed by atoms with Crippen LogP contribution in [0.3, 0.4) is 0 Å². The third kappa shape index (κ3) is 2.80. The molecule has 1 rings (SSSR count). The van der Waals surface area contributed by atoms with E-state index in [0.29, 0.717) is 6.42 Å². The van der Waals surface area contributed by atoms with Crippen LogP contribution in [0.4, 0.5) is 0 Å². The van der Waals surface area contributed by atoms with E-state index in [0.717, 1.165) is 22.9 Å². The maximum Gasteiger partial charge on any atom is 0.120 e. The number of carbonyl (C=O) groups excluding carboxylic acids is 1. The number of hydrogen-bond donors (Lipinski definition) is 0. The largest absolute Gasteiger partial charge is 0.303 e. The fourth-order valence-corrected chi connectivity index (χ4v) is 1.24. The fraction of sp³-hybridized carbons (Fsp3) is 0.250. The summed E-state index contributed by atoms with van der Waals surface area (Å²) in [5.41, 5.74) is 1.14. The van der Waals surface area contributed by atoms with Gasteiger partial charge in [0.05, 0.1) is 0 Å². The molecule has 0 fully saturated rings. The normalized spacial score (nSPS) is 9.55. The predicted octanol–water partition coefficient (Wildman–Crippen LogP) is 1.98. The van der Waals surface area contributed by atoms with Crippen LogP contribution in [0.25, 0.3) is 0 Å². The Kier molecular flexibility index (Phi) is 3.23. The van der Waals surface area contributed by atoms with E-state index < -0.39 is 0 Å². The molecule has 1 heterocycles. The molecule has 11 heavy (non-hydrogen) atoms. The number of hydrogen-bond acceptors (Lipinski definition) is 2. The molecule has 3 heteroatoms. The molecule has 58 valence electrons.